The number of nitrogens with zero attached hydrogens (tertiary/aromatic N) is 2. The molecular formula is C23H16ClFN2O3. The first-order valence-electron chi connectivity index (χ1n) is 9.22. The van der Waals surface area contributed by atoms with Gasteiger partial charge in [-0.15, -0.1) is 0 Å². The predicted octanol–water partition coefficient (Wildman–Crippen LogP) is 5.20. The number of esters is 1. The van der Waals surface area contributed by atoms with Crippen LogP contribution < -0.4 is 0 Å². The van der Waals surface area contributed by atoms with Gasteiger partial charge >= 0.3 is 5.97 Å². The van der Waals surface area contributed by atoms with Crippen LogP contribution >= 0.6 is 11.6 Å². The minimum atomic E-state index is -0.545. The van der Waals surface area contributed by atoms with Crippen molar-refractivity contribution < 1.29 is 18.7 Å². The van der Waals surface area contributed by atoms with Crippen LogP contribution in [0.1, 0.15) is 33.3 Å². The summed E-state index contributed by atoms with van der Waals surface area (Å²) in [7, 11) is 0. The maximum absolute atomic E-state index is 13.2. The van der Waals surface area contributed by atoms with Gasteiger partial charge in [0, 0.05) is 16.1 Å². The van der Waals surface area contributed by atoms with Crippen molar-refractivity contribution in [3.8, 4) is 11.3 Å². The van der Waals surface area contributed by atoms with Gasteiger partial charge < -0.3 is 4.74 Å². The normalized spacial score (nSPS) is 10.9. The van der Waals surface area contributed by atoms with E-state index in [-0.39, 0.29) is 23.6 Å². The number of fused-ring (bicyclic) bond motifs is 1. The van der Waals surface area contributed by atoms with Gasteiger partial charge in [-0.1, -0.05) is 23.7 Å². The monoisotopic (exact) mass is 422 g/mol. The third-order valence-electron chi connectivity index (χ3n) is 4.62. The molecule has 0 aliphatic heterocycles. The summed E-state index contributed by atoms with van der Waals surface area (Å²) in [5.41, 5.74) is 2.61. The molecule has 0 fully saturated rings. The van der Waals surface area contributed by atoms with E-state index in [1.807, 2.05) is 6.07 Å². The number of hydrogen-bond acceptors (Lipinski definition) is 4. The van der Waals surface area contributed by atoms with Gasteiger partial charge in [0.2, 0.25) is 5.78 Å². The summed E-state index contributed by atoms with van der Waals surface area (Å²) in [6.07, 6.45) is 1.48. The first-order valence-corrected chi connectivity index (χ1v) is 9.60. The van der Waals surface area contributed by atoms with Crippen molar-refractivity contribution in [3.05, 3.63) is 94.7 Å². The number of halogens is 2. The van der Waals surface area contributed by atoms with Gasteiger partial charge in [-0.05, 0) is 55.5 Å². The zero-order valence-electron chi connectivity index (χ0n) is 15.9. The molecule has 0 N–H and O–H groups in total. The fraction of sp³-hybridized carbons (Fsp3) is 0.0870. The fourth-order valence-electron chi connectivity index (χ4n) is 3.20. The maximum Gasteiger partial charge on any atom is 0.340 e. The van der Waals surface area contributed by atoms with Gasteiger partial charge in [0.25, 0.3) is 0 Å². The molecule has 0 aliphatic rings. The van der Waals surface area contributed by atoms with Crippen LogP contribution in [0.25, 0.3) is 16.8 Å². The second kappa shape index (κ2) is 8.08. The Bertz CT molecular complexity index is 1270. The molecule has 0 radical (unpaired) electrons. The molecule has 2 heterocycles. The van der Waals surface area contributed by atoms with E-state index in [4.69, 9.17) is 16.3 Å². The van der Waals surface area contributed by atoms with E-state index in [1.165, 1.54) is 41.1 Å². The molecule has 4 aromatic rings. The number of carbonyl (C=O) groups is 2. The van der Waals surface area contributed by atoms with Gasteiger partial charge in [0.1, 0.15) is 12.1 Å². The van der Waals surface area contributed by atoms with E-state index >= 15 is 0 Å². The SMILES string of the molecule is CCOC(=O)c1cc(C(=O)c2ccc(F)cc2)n2cnc(-c3cccc(Cl)c3)cc12. The Morgan fingerprint density at radius 2 is 1.87 bits per heavy atom. The average Bonchev–Trinajstić information content (AvgIpc) is 3.13. The number of rotatable bonds is 5. The molecule has 0 saturated heterocycles. The maximum atomic E-state index is 13.2. The largest absolute Gasteiger partial charge is 0.462 e. The highest BCUT2D eigenvalue weighted by Crippen LogP contribution is 2.26. The van der Waals surface area contributed by atoms with Crippen molar-refractivity contribution in [2.24, 2.45) is 0 Å². The van der Waals surface area contributed by atoms with E-state index in [0.29, 0.717) is 21.8 Å². The highest BCUT2D eigenvalue weighted by molar-refractivity contribution is 6.30. The number of carbonyl (C=O) groups excluding carboxylic acids is 2. The van der Waals surface area contributed by atoms with Crippen LogP contribution in [0.3, 0.4) is 0 Å². The van der Waals surface area contributed by atoms with Gasteiger partial charge in [0.15, 0.2) is 0 Å². The lowest BCUT2D eigenvalue weighted by molar-refractivity contribution is 0.0529. The van der Waals surface area contributed by atoms with Gasteiger partial charge in [-0.2, -0.15) is 0 Å². The van der Waals surface area contributed by atoms with Crippen LogP contribution in [-0.4, -0.2) is 27.7 Å². The average molecular weight is 423 g/mol. The van der Waals surface area contributed by atoms with Crippen LogP contribution in [0.15, 0.2) is 67.0 Å². The number of aromatic nitrogens is 2. The number of ketones is 1. The zero-order chi connectivity index (χ0) is 21.3. The quantitative estimate of drug-likeness (QED) is 0.327. The lowest BCUT2D eigenvalue weighted by atomic mass is 10.1. The Hall–Kier alpha value is -3.51. The fourth-order valence-corrected chi connectivity index (χ4v) is 3.39. The summed E-state index contributed by atoms with van der Waals surface area (Å²) in [4.78, 5) is 30.0. The summed E-state index contributed by atoms with van der Waals surface area (Å²) < 4.78 is 19.9. The van der Waals surface area contributed by atoms with Crippen molar-refractivity contribution >= 4 is 28.9 Å². The second-order valence-electron chi connectivity index (χ2n) is 6.54. The van der Waals surface area contributed by atoms with Crippen LogP contribution in [0.2, 0.25) is 5.02 Å². The van der Waals surface area contributed by atoms with Crippen molar-refractivity contribution in [3.63, 3.8) is 0 Å². The summed E-state index contributed by atoms with van der Waals surface area (Å²) >= 11 is 6.08. The highest BCUT2D eigenvalue weighted by atomic mass is 35.5. The summed E-state index contributed by atoms with van der Waals surface area (Å²) in [5.74, 6) is -1.35. The number of hydrogen-bond donors (Lipinski definition) is 0. The molecule has 2 aromatic carbocycles. The molecule has 0 saturated carbocycles. The Morgan fingerprint density at radius 3 is 2.57 bits per heavy atom. The smallest absolute Gasteiger partial charge is 0.340 e. The topological polar surface area (TPSA) is 60.7 Å². The molecule has 30 heavy (non-hydrogen) atoms. The molecule has 2 aromatic heterocycles. The van der Waals surface area contributed by atoms with E-state index in [1.54, 1.807) is 31.2 Å². The standard InChI is InChI=1S/C23H16ClFN2O3/c1-2-30-23(29)18-11-21(22(28)14-6-8-17(25)9-7-14)27-13-26-19(12-20(18)27)15-4-3-5-16(24)10-15/h3-13H,2H2,1H3. The molecule has 0 atom stereocenters. The van der Waals surface area contributed by atoms with Crippen molar-refractivity contribution in [1.82, 2.24) is 9.38 Å². The summed E-state index contributed by atoms with van der Waals surface area (Å²) in [5, 5.41) is 0.558. The Morgan fingerprint density at radius 1 is 1.10 bits per heavy atom. The van der Waals surface area contributed by atoms with Gasteiger partial charge in [0.05, 0.1) is 29.1 Å². The van der Waals surface area contributed by atoms with Crippen LogP contribution in [0, 0.1) is 5.82 Å². The van der Waals surface area contributed by atoms with E-state index in [2.05, 4.69) is 4.98 Å². The Kier molecular flexibility index (Phi) is 5.33. The first-order chi connectivity index (χ1) is 14.5. The van der Waals surface area contributed by atoms with Crippen molar-refractivity contribution in [2.45, 2.75) is 6.92 Å². The molecule has 5 nitrogen and oxygen atoms in total. The Balaban J connectivity index is 1.88. The molecule has 150 valence electrons. The molecular weight excluding hydrogens is 407 g/mol. The molecule has 0 aliphatic carbocycles. The molecule has 0 spiro atoms. The Labute approximate surface area is 176 Å². The zero-order valence-corrected chi connectivity index (χ0v) is 16.7. The predicted molar refractivity (Wildman–Crippen MR) is 111 cm³/mol. The summed E-state index contributed by atoms with van der Waals surface area (Å²) in [6.45, 7) is 1.91. The van der Waals surface area contributed by atoms with Crippen molar-refractivity contribution in [2.75, 3.05) is 6.61 Å². The first kappa shape index (κ1) is 19.8. The van der Waals surface area contributed by atoms with Gasteiger partial charge in [-0.3, -0.25) is 9.20 Å². The molecule has 4 rings (SSSR count). The van der Waals surface area contributed by atoms with E-state index in [0.717, 1.165) is 5.56 Å². The second-order valence-corrected chi connectivity index (χ2v) is 6.98. The highest BCUT2D eigenvalue weighted by Gasteiger charge is 2.22. The number of benzene rings is 2. The van der Waals surface area contributed by atoms with E-state index in [9.17, 15) is 14.0 Å². The lowest BCUT2D eigenvalue weighted by Crippen LogP contribution is -2.05. The van der Waals surface area contributed by atoms with Gasteiger partial charge in [-0.25, -0.2) is 14.2 Å². The minimum absolute atomic E-state index is 0.198. The van der Waals surface area contributed by atoms with E-state index < -0.39 is 11.8 Å². The van der Waals surface area contributed by atoms with Crippen LogP contribution in [-0.2, 0) is 4.74 Å². The lowest BCUT2D eigenvalue weighted by Gasteiger charge is -2.06. The molecule has 0 bridgehead atoms. The minimum Gasteiger partial charge on any atom is -0.462 e. The van der Waals surface area contributed by atoms with Crippen molar-refractivity contribution in [1.29, 1.82) is 0 Å². The number of ether oxygens (including phenoxy) is 1. The molecule has 0 unspecified atom stereocenters. The molecule has 0 amide bonds. The molecule has 7 heteroatoms. The third-order valence-corrected chi connectivity index (χ3v) is 4.85. The van der Waals surface area contributed by atoms with Crippen LogP contribution in [0.5, 0.6) is 0 Å². The van der Waals surface area contributed by atoms with Crippen LogP contribution in [0.4, 0.5) is 4.39 Å². The third kappa shape index (κ3) is 3.69. The summed E-state index contributed by atoms with van der Waals surface area (Å²) in [6, 6.07) is 15.6.